The molecule has 0 aliphatic carbocycles. The Balaban J connectivity index is 2.30. The zero-order valence-corrected chi connectivity index (χ0v) is 13.5. The van der Waals surface area contributed by atoms with Crippen LogP contribution in [-0.2, 0) is 0 Å². The van der Waals surface area contributed by atoms with Crippen molar-refractivity contribution in [2.75, 3.05) is 5.32 Å². The van der Waals surface area contributed by atoms with Gasteiger partial charge >= 0.3 is 5.97 Å². The van der Waals surface area contributed by atoms with Crippen molar-refractivity contribution in [2.24, 2.45) is 0 Å². The maximum Gasteiger partial charge on any atom is 0.335 e. The molecule has 0 aliphatic rings. The molecule has 0 radical (unpaired) electrons. The Morgan fingerprint density at radius 2 is 1.80 bits per heavy atom. The summed E-state index contributed by atoms with van der Waals surface area (Å²) in [5, 5.41) is 11.6. The fourth-order valence-corrected chi connectivity index (χ4v) is 3.29. The number of carboxylic acids is 1. The second kappa shape index (κ2) is 6.13. The Bertz CT molecular complexity index is 679. The standard InChI is InChI=1S/C12H6BrCl2NO3S/c13-9-2-1-8(20-9)11(17)16-10-6(14)3-5(12(18)19)4-7(10)15/h1-4H,(H,16,17)(H,18,19). The van der Waals surface area contributed by atoms with Crippen LogP contribution >= 0.6 is 50.5 Å². The van der Waals surface area contributed by atoms with Crippen molar-refractivity contribution in [1.29, 1.82) is 0 Å². The number of aromatic carboxylic acids is 1. The van der Waals surface area contributed by atoms with Gasteiger partial charge in [-0.3, -0.25) is 4.79 Å². The van der Waals surface area contributed by atoms with E-state index in [4.69, 9.17) is 28.3 Å². The van der Waals surface area contributed by atoms with Crippen molar-refractivity contribution < 1.29 is 14.7 Å². The summed E-state index contributed by atoms with van der Waals surface area (Å²) >= 11 is 16.4. The molecule has 0 saturated carbocycles. The number of carbonyl (C=O) groups excluding carboxylic acids is 1. The first-order chi connectivity index (χ1) is 9.38. The molecule has 0 fully saturated rings. The molecule has 2 aromatic rings. The molecule has 0 bridgehead atoms. The van der Waals surface area contributed by atoms with Crippen LogP contribution < -0.4 is 5.32 Å². The van der Waals surface area contributed by atoms with Crippen molar-refractivity contribution in [3.05, 3.63) is 48.5 Å². The first-order valence-electron chi connectivity index (χ1n) is 5.17. The number of benzene rings is 1. The molecule has 1 amide bonds. The fraction of sp³-hybridized carbons (Fsp3) is 0. The second-order valence-corrected chi connectivity index (χ2v) is 6.96. The van der Waals surface area contributed by atoms with Gasteiger partial charge in [0.25, 0.3) is 5.91 Å². The molecule has 0 atom stereocenters. The molecule has 20 heavy (non-hydrogen) atoms. The van der Waals surface area contributed by atoms with Gasteiger partial charge in [-0.05, 0) is 40.2 Å². The van der Waals surface area contributed by atoms with Crippen molar-refractivity contribution in [3.8, 4) is 0 Å². The first-order valence-corrected chi connectivity index (χ1v) is 7.54. The summed E-state index contributed by atoms with van der Waals surface area (Å²) in [4.78, 5) is 23.3. The third-order valence-corrected chi connectivity index (χ3v) is 4.54. The smallest absolute Gasteiger partial charge is 0.335 e. The van der Waals surface area contributed by atoms with E-state index in [1.807, 2.05) is 0 Å². The highest BCUT2D eigenvalue weighted by molar-refractivity contribution is 9.11. The highest BCUT2D eigenvalue weighted by Crippen LogP contribution is 2.33. The van der Waals surface area contributed by atoms with Gasteiger partial charge in [-0.2, -0.15) is 0 Å². The van der Waals surface area contributed by atoms with E-state index in [9.17, 15) is 9.59 Å². The Labute approximate surface area is 136 Å². The Hall–Kier alpha value is -1.08. The minimum absolute atomic E-state index is 0.0446. The zero-order valence-electron chi connectivity index (χ0n) is 9.62. The molecule has 0 spiro atoms. The number of carbonyl (C=O) groups is 2. The summed E-state index contributed by atoms with van der Waals surface area (Å²) in [6.07, 6.45) is 0. The van der Waals surface area contributed by atoms with Crippen LogP contribution in [0.5, 0.6) is 0 Å². The molecule has 1 heterocycles. The number of anilines is 1. The molecular weight excluding hydrogens is 389 g/mol. The summed E-state index contributed by atoms with van der Waals surface area (Å²) in [6, 6.07) is 5.86. The lowest BCUT2D eigenvalue weighted by atomic mass is 10.2. The molecule has 1 aromatic carbocycles. The summed E-state index contributed by atoms with van der Waals surface area (Å²) in [5.74, 6) is -1.51. The predicted molar refractivity (Wildman–Crippen MR) is 83.4 cm³/mol. The number of hydrogen-bond donors (Lipinski definition) is 2. The first kappa shape index (κ1) is 15.3. The van der Waals surface area contributed by atoms with Gasteiger partial charge in [-0.1, -0.05) is 23.2 Å². The average molecular weight is 395 g/mol. The van der Waals surface area contributed by atoms with Crippen molar-refractivity contribution in [1.82, 2.24) is 0 Å². The van der Waals surface area contributed by atoms with Gasteiger partial charge in [0.15, 0.2) is 0 Å². The van der Waals surface area contributed by atoms with Gasteiger partial charge in [0.2, 0.25) is 0 Å². The summed E-state index contributed by atoms with van der Waals surface area (Å²) in [6.45, 7) is 0. The van der Waals surface area contributed by atoms with Gasteiger partial charge in [0.05, 0.1) is 30.0 Å². The van der Waals surface area contributed by atoms with E-state index >= 15 is 0 Å². The van der Waals surface area contributed by atoms with Crippen molar-refractivity contribution >= 4 is 68.0 Å². The van der Waals surface area contributed by atoms with Gasteiger partial charge < -0.3 is 10.4 Å². The van der Waals surface area contributed by atoms with E-state index in [0.29, 0.717) is 4.88 Å². The van der Waals surface area contributed by atoms with E-state index in [2.05, 4.69) is 21.2 Å². The summed E-state index contributed by atoms with van der Waals surface area (Å²) in [5.41, 5.74) is 0.143. The lowest BCUT2D eigenvalue weighted by Gasteiger charge is -2.09. The maximum atomic E-state index is 12.0. The molecule has 4 nitrogen and oxygen atoms in total. The van der Waals surface area contributed by atoms with Gasteiger partial charge in [-0.25, -0.2) is 4.79 Å². The second-order valence-electron chi connectivity index (χ2n) is 3.68. The Kier molecular flexibility index (Phi) is 4.70. The molecule has 0 saturated heterocycles. The lowest BCUT2D eigenvalue weighted by Crippen LogP contribution is -2.11. The summed E-state index contributed by atoms with van der Waals surface area (Å²) in [7, 11) is 0. The lowest BCUT2D eigenvalue weighted by molar-refractivity contribution is 0.0696. The van der Waals surface area contributed by atoms with E-state index in [1.54, 1.807) is 12.1 Å². The molecule has 1 aromatic heterocycles. The van der Waals surface area contributed by atoms with Crippen molar-refractivity contribution in [2.45, 2.75) is 0 Å². The SMILES string of the molecule is O=C(O)c1cc(Cl)c(NC(=O)c2ccc(Br)s2)c(Cl)c1. The van der Waals surface area contributed by atoms with Crippen LogP contribution in [0.2, 0.25) is 10.0 Å². The third kappa shape index (κ3) is 3.32. The molecule has 0 unspecified atom stereocenters. The molecule has 0 aliphatic heterocycles. The van der Waals surface area contributed by atoms with Crippen LogP contribution in [0.15, 0.2) is 28.1 Å². The molecule has 104 valence electrons. The van der Waals surface area contributed by atoms with Gasteiger partial charge in [-0.15, -0.1) is 11.3 Å². The number of halogens is 3. The molecular formula is C12H6BrCl2NO3S. The highest BCUT2D eigenvalue weighted by atomic mass is 79.9. The number of amides is 1. The van der Waals surface area contributed by atoms with Gasteiger partial charge in [0, 0.05) is 0 Å². The van der Waals surface area contributed by atoms with Crippen LogP contribution in [0.3, 0.4) is 0 Å². The summed E-state index contributed by atoms with van der Waals surface area (Å²) < 4.78 is 0.820. The van der Waals surface area contributed by atoms with Crippen LogP contribution in [0.4, 0.5) is 5.69 Å². The Morgan fingerprint density at radius 1 is 1.20 bits per heavy atom. The largest absolute Gasteiger partial charge is 0.478 e. The normalized spacial score (nSPS) is 10.3. The number of hydrogen-bond acceptors (Lipinski definition) is 3. The third-order valence-electron chi connectivity index (χ3n) is 2.32. The monoisotopic (exact) mass is 393 g/mol. The van der Waals surface area contributed by atoms with E-state index in [1.165, 1.54) is 23.5 Å². The quantitative estimate of drug-likeness (QED) is 0.787. The van der Waals surface area contributed by atoms with E-state index in [-0.39, 0.29) is 27.2 Å². The van der Waals surface area contributed by atoms with Crippen LogP contribution in [0.25, 0.3) is 0 Å². The van der Waals surface area contributed by atoms with Crippen LogP contribution in [-0.4, -0.2) is 17.0 Å². The molecule has 2 N–H and O–H groups in total. The molecule has 2 rings (SSSR count). The minimum atomic E-state index is -1.14. The minimum Gasteiger partial charge on any atom is -0.478 e. The Morgan fingerprint density at radius 3 is 2.25 bits per heavy atom. The number of nitrogens with one attached hydrogen (secondary N) is 1. The zero-order chi connectivity index (χ0) is 14.9. The van der Waals surface area contributed by atoms with E-state index < -0.39 is 5.97 Å². The van der Waals surface area contributed by atoms with Crippen LogP contribution in [0.1, 0.15) is 20.0 Å². The predicted octanol–water partition coefficient (Wildman–Crippen LogP) is 4.77. The van der Waals surface area contributed by atoms with Gasteiger partial charge in [0.1, 0.15) is 0 Å². The topological polar surface area (TPSA) is 66.4 Å². The number of carboxylic acid groups (broad SMARTS) is 1. The number of thiophene rings is 1. The maximum absolute atomic E-state index is 12.0. The van der Waals surface area contributed by atoms with Crippen LogP contribution in [0, 0.1) is 0 Å². The molecule has 8 heteroatoms. The van der Waals surface area contributed by atoms with Crippen molar-refractivity contribution in [3.63, 3.8) is 0 Å². The highest BCUT2D eigenvalue weighted by Gasteiger charge is 2.16. The number of rotatable bonds is 3. The fourth-order valence-electron chi connectivity index (χ4n) is 1.43. The van der Waals surface area contributed by atoms with E-state index in [0.717, 1.165) is 3.79 Å². The average Bonchev–Trinajstić information content (AvgIpc) is 2.80.